The highest BCUT2D eigenvalue weighted by atomic mass is 35.5. The van der Waals surface area contributed by atoms with Gasteiger partial charge in [-0.15, -0.1) is 0 Å². The summed E-state index contributed by atoms with van der Waals surface area (Å²) in [5.41, 5.74) is 2.54. The molecule has 24 heavy (non-hydrogen) atoms. The Hall–Kier alpha value is -2.93. The second-order valence-corrected chi connectivity index (χ2v) is 5.56. The average Bonchev–Trinajstić information content (AvgIpc) is 2.59. The van der Waals surface area contributed by atoms with Crippen molar-refractivity contribution in [2.45, 2.75) is 0 Å². The topological polar surface area (TPSA) is 93.7 Å². The highest BCUT2D eigenvalue weighted by Gasteiger charge is 2.18. The molecule has 8 heteroatoms. The number of phenols is 1. The number of amides is 3. The van der Waals surface area contributed by atoms with Crippen LogP contribution in [0.3, 0.4) is 0 Å². The molecule has 3 amide bonds. The van der Waals surface area contributed by atoms with Crippen molar-refractivity contribution in [3.8, 4) is 5.75 Å². The summed E-state index contributed by atoms with van der Waals surface area (Å²) in [6, 6.07) is 8.82. The molecule has 0 aliphatic carbocycles. The van der Waals surface area contributed by atoms with E-state index in [1.54, 1.807) is 18.2 Å². The molecule has 1 heterocycles. The van der Waals surface area contributed by atoms with E-state index in [4.69, 9.17) is 11.6 Å². The molecule has 0 saturated carbocycles. The number of carbonyl (C=O) groups is 2. The number of hydrogen-bond acceptors (Lipinski definition) is 5. The third-order valence-electron chi connectivity index (χ3n) is 3.56. The van der Waals surface area contributed by atoms with Crippen LogP contribution in [0.5, 0.6) is 5.75 Å². The van der Waals surface area contributed by atoms with Crippen LogP contribution >= 0.6 is 11.6 Å². The summed E-state index contributed by atoms with van der Waals surface area (Å²) in [6.45, 7) is 1.57. The Balaban J connectivity index is 1.81. The minimum absolute atomic E-state index is 0.0878. The van der Waals surface area contributed by atoms with Gasteiger partial charge in [0.25, 0.3) is 0 Å². The number of phenolic OH excluding ortho intramolecular Hbond substituents is 1. The highest BCUT2D eigenvalue weighted by Crippen LogP contribution is 2.30. The quantitative estimate of drug-likeness (QED) is 0.506. The number of nitrogens with one attached hydrogen (secondary N) is 3. The second-order valence-electron chi connectivity index (χ2n) is 5.16. The molecule has 2 aromatic rings. The first kappa shape index (κ1) is 15.9. The maximum Gasteiger partial charge on any atom is 0.332 e. The van der Waals surface area contributed by atoms with Crippen molar-refractivity contribution in [3.05, 3.63) is 41.4 Å². The van der Waals surface area contributed by atoms with Crippen LogP contribution in [0, 0.1) is 0 Å². The highest BCUT2D eigenvalue weighted by molar-refractivity contribution is 6.32. The largest absolute Gasteiger partial charge is 0.506 e. The number of nitrogens with zero attached hydrogens (tertiary/aromatic N) is 1. The molecular weight excluding hydrogens is 332 g/mol. The lowest BCUT2D eigenvalue weighted by Crippen LogP contribution is -2.34. The predicted octanol–water partition coefficient (Wildman–Crippen LogP) is 3.08. The molecule has 1 aliphatic heterocycles. The number of carbonyl (C=O) groups excluding carboxylic acids is 2. The molecule has 2 aromatic carbocycles. The number of aromatic hydroxyl groups is 1. The zero-order chi connectivity index (χ0) is 17.1. The maximum absolute atomic E-state index is 12.4. The SMILES string of the molecule is O=CN(C(=O)Nc1ccc(O)c(Cl)c1)c1ccc2c(c1)NCCN2. The van der Waals surface area contributed by atoms with Gasteiger partial charge < -0.3 is 21.1 Å². The number of fused-ring (bicyclic) bond motifs is 1. The molecule has 0 bridgehead atoms. The fourth-order valence-corrected chi connectivity index (χ4v) is 2.55. The standard InChI is InChI=1S/C16H15ClN4O3/c17-12-7-10(1-4-15(12)23)20-16(24)21(9-22)11-2-3-13-14(8-11)19-6-5-18-13/h1-4,7-9,18-19,23H,5-6H2,(H,20,24). The van der Waals surface area contributed by atoms with E-state index in [9.17, 15) is 14.7 Å². The van der Waals surface area contributed by atoms with Crippen molar-refractivity contribution in [1.82, 2.24) is 0 Å². The van der Waals surface area contributed by atoms with Crippen LogP contribution in [0.2, 0.25) is 5.02 Å². The Bertz CT molecular complexity index is 797. The summed E-state index contributed by atoms with van der Waals surface area (Å²) in [6.07, 6.45) is 0.440. The number of hydrogen-bond donors (Lipinski definition) is 4. The van der Waals surface area contributed by atoms with Crippen LogP contribution in [0.15, 0.2) is 36.4 Å². The van der Waals surface area contributed by atoms with Crippen LogP contribution in [-0.2, 0) is 4.79 Å². The van der Waals surface area contributed by atoms with Crippen molar-refractivity contribution >= 4 is 46.8 Å². The first-order chi connectivity index (χ1) is 11.6. The average molecular weight is 347 g/mol. The number of halogens is 1. The fourth-order valence-electron chi connectivity index (χ4n) is 2.37. The van der Waals surface area contributed by atoms with Crippen molar-refractivity contribution in [2.75, 3.05) is 33.9 Å². The molecule has 0 radical (unpaired) electrons. The smallest absolute Gasteiger partial charge is 0.332 e. The van der Waals surface area contributed by atoms with E-state index in [0.717, 1.165) is 29.4 Å². The van der Waals surface area contributed by atoms with Gasteiger partial charge in [-0.05, 0) is 36.4 Å². The molecule has 0 spiro atoms. The Labute approximate surface area is 143 Å². The van der Waals surface area contributed by atoms with E-state index in [0.29, 0.717) is 17.8 Å². The van der Waals surface area contributed by atoms with Crippen molar-refractivity contribution < 1.29 is 14.7 Å². The van der Waals surface area contributed by atoms with Gasteiger partial charge in [0.15, 0.2) is 0 Å². The predicted molar refractivity (Wildman–Crippen MR) is 94.1 cm³/mol. The number of anilines is 4. The van der Waals surface area contributed by atoms with Gasteiger partial charge in [0.1, 0.15) is 5.75 Å². The number of rotatable bonds is 3. The van der Waals surface area contributed by atoms with E-state index in [2.05, 4.69) is 16.0 Å². The van der Waals surface area contributed by atoms with Gasteiger partial charge in [-0.2, -0.15) is 0 Å². The summed E-state index contributed by atoms with van der Waals surface area (Å²) in [7, 11) is 0. The summed E-state index contributed by atoms with van der Waals surface area (Å²) in [4.78, 5) is 24.7. The Morgan fingerprint density at radius 2 is 1.92 bits per heavy atom. The molecule has 4 N–H and O–H groups in total. The van der Waals surface area contributed by atoms with Crippen LogP contribution in [0.25, 0.3) is 0 Å². The Kier molecular flexibility index (Phi) is 4.43. The molecule has 3 rings (SSSR count). The van der Waals surface area contributed by atoms with E-state index in [1.807, 2.05) is 0 Å². The van der Waals surface area contributed by atoms with Gasteiger partial charge in [0.05, 0.1) is 22.1 Å². The van der Waals surface area contributed by atoms with Crippen LogP contribution in [-0.4, -0.2) is 30.6 Å². The van der Waals surface area contributed by atoms with Crippen LogP contribution in [0.4, 0.5) is 27.5 Å². The van der Waals surface area contributed by atoms with Crippen molar-refractivity contribution in [2.24, 2.45) is 0 Å². The van der Waals surface area contributed by atoms with Gasteiger partial charge in [-0.1, -0.05) is 11.6 Å². The zero-order valence-electron chi connectivity index (χ0n) is 12.5. The molecule has 0 fully saturated rings. The van der Waals surface area contributed by atoms with Gasteiger partial charge in [0.2, 0.25) is 6.41 Å². The molecule has 0 unspecified atom stereocenters. The van der Waals surface area contributed by atoms with Gasteiger partial charge in [-0.3, -0.25) is 4.79 Å². The summed E-state index contributed by atoms with van der Waals surface area (Å²) in [5.74, 6) is -0.0878. The lowest BCUT2D eigenvalue weighted by molar-refractivity contribution is -0.106. The summed E-state index contributed by atoms with van der Waals surface area (Å²) < 4.78 is 0. The number of benzene rings is 2. The summed E-state index contributed by atoms with van der Waals surface area (Å²) in [5, 5.41) is 18.5. The fraction of sp³-hybridized carbons (Fsp3) is 0.125. The van der Waals surface area contributed by atoms with Gasteiger partial charge >= 0.3 is 6.03 Å². The molecule has 1 aliphatic rings. The van der Waals surface area contributed by atoms with Crippen molar-refractivity contribution in [1.29, 1.82) is 0 Å². The molecule has 0 atom stereocenters. The molecule has 0 aromatic heterocycles. The lowest BCUT2D eigenvalue weighted by atomic mass is 10.2. The van der Waals surface area contributed by atoms with Gasteiger partial charge in [-0.25, -0.2) is 9.69 Å². The van der Waals surface area contributed by atoms with Crippen molar-refractivity contribution in [3.63, 3.8) is 0 Å². The third kappa shape index (κ3) is 3.21. The number of urea groups is 1. The van der Waals surface area contributed by atoms with E-state index < -0.39 is 6.03 Å². The van der Waals surface area contributed by atoms with Gasteiger partial charge in [0, 0.05) is 18.8 Å². The lowest BCUT2D eigenvalue weighted by Gasteiger charge is -2.23. The van der Waals surface area contributed by atoms with E-state index in [-0.39, 0.29) is 10.8 Å². The molecule has 124 valence electrons. The van der Waals surface area contributed by atoms with Crippen LogP contribution < -0.4 is 20.9 Å². The third-order valence-corrected chi connectivity index (χ3v) is 3.86. The molecule has 0 saturated heterocycles. The summed E-state index contributed by atoms with van der Waals surface area (Å²) >= 11 is 5.81. The van der Waals surface area contributed by atoms with E-state index >= 15 is 0 Å². The normalized spacial score (nSPS) is 12.4. The first-order valence-corrected chi connectivity index (χ1v) is 7.62. The first-order valence-electron chi connectivity index (χ1n) is 7.24. The minimum atomic E-state index is -0.629. The molecule has 7 nitrogen and oxygen atoms in total. The Morgan fingerprint density at radius 3 is 2.62 bits per heavy atom. The second kappa shape index (κ2) is 6.67. The maximum atomic E-state index is 12.4. The zero-order valence-corrected chi connectivity index (χ0v) is 13.3. The number of imide groups is 1. The molecular formula is C16H15ClN4O3. The van der Waals surface area contributed by atoms with E-state index in [1.165, 1.54) is 18.2 Å². The Morgan fingerprint density at radius 1 is 1.17 bits per heavy atom. The monoisotopic (exact) mass is 346 g/mol. The van der Waals surface area contributed by atoms with Crippen LogP contribution in [0.1, 0.15) is 0 Å². The minimum Gasteiger partial charge on any atom is -0.506 e.